The molecule has 1 saturated heterocycles. The van der Waals surface area contributed by atoms with Gasteiger partial charge in [0.25, 0.3) is 0 Å². The molecule has 0 saturated carbocycles. The molecule has 1 amide bonds. The SMILES string of the molecule is CN1CC(C(=O)Nc2nccs2)C[C@@H]2c3cccc4c3c(cn4C)C[C@H]21. The molecule has 0 spiro atoms. The summed E-state index contributed by atoms with van der Waals surface area (Å²) in [4.78, 5) is 19.4. The molecule has 3 heterocycles. The van der Waals surface area contributed by atoms with Crippen molar-refractivity contribution in [3.8, 4) is 0 Å². The van der Waals surface area contributed by atoms with Crippen LogP contribution in [0.25, 0.3) is 10.9 Å². The molecule has 134 valence electrons. The Morgan fingerprint density at radius 3 is 3.04 bits per heavy atom. The van der Waals surface area contributed by atoms with Crippen LogP contribution in [0.15, 0.2) is 36.0 Å². The molecule has 26 heavy (non-hydrogen) atoms. The van der Waals surface area contributed by atoms with Crippen LogP contribution in [0, 0.1) is 5.92 Å². The highest BCUT2D eigenvalue weighted by Gasteiger charge is 2.41. The van der Waals surface area contributed by atoms with Crippen LogP contribution < -0.4 is 5.32 Å². The van der Waals surface area contributed by atoms with Crippen LogP contribution in [0.2, 0.25) is 0 Å². The zero-order valence-electron chi connectivity index (χ0n) is 15.0. The molecule has 1 fully saturated rings. The Bertz CT molecular complexity index is 977. The van der Waals surface area contributed by atoms with Crippen molar-refractivity contribution in [3.63, 3.8) is 0 Å². The molecule has 0 bridgehead atoms. The molecule has 6 heteroatoms. The summed E-state index contributed by atoms with van der Waals surface area (Å²) in [6.07, 6.45) is 5.97. The number of aromatic nitrogens is 2. The first-order valence-corrected chi connectivity index (χ1v) is 9.97. The lowest BCUT2D eigenvalue weighted by Gasteiger charge is -2.45. The highest BCUT2D eigenvalue weighted by molar-refractivity contribution is 7.13. The standard InChI is InChI=1S/C20H22N4OS/c1-23-10-12-9-17-15(14-4-3-5-16(23)18(12)14)8-13(11-24(17)2)19(25)22-20-21-6-7-26-20/h3-7,10,13,15,17H,8-9,11H2,1-2H3,(H,21,22,25)/t13?,15-,17-/m1/s1. The summed E-state index contributed by atoms with van der Waals surface area (Å²) in [6, 6.07) is 7.09. The molecule has 5 nitrogen and oxygen atoms in total. The number of hydrogen-bond acceptors (Lipinski definition) is 4. The van der Waals surface area contributed by atoms with Gasteiger partial charge in [0, 0.05) is 54.2 Å². The van der Waals surface area contributed by atoms with Gasteiger partial charge in [0.1, 0.15) is 0 Å². The maximum Gasteiger partial charge on any atom is 0.230 e. The smallest absolute Gasteiger partial charge is 0.230 e. The third-order valence-corrected chi connectivity index (χ3v) is 6.75. The quantitative estimate of drug-likeness (QED) is 0.758. The number of anilines is 1. The molecule has 1 aliphatic carbocycles. The molecule has 1 N–H and O–H groups in total. The molecule has 1 aromatic carbocycles. The van der Waals surface area contributed by atoms with Crippen LogP contribution in [0.1, 0.15) is 23.5 Å². The second-order valence-corrected chi connectivity index (χ2v) is 8.48. The van der Waals surface area contributed by atoms with E-state index in [9.17, 15) is 4.79 Å². The summed E-state index contributed by atoms with van der Waals surface area (Å²) < 4.78 is 2.23. The van der Waals surface area contributed by atoms with Crippen molar-refractivity contribution in [2.24, 2.45) is 13.0 Å². The van der Waals surface area contributed by atoms with E-state index in [0.29, 0.717) is 17.1 Å². The maximum absolute atomic E-state index is 12.8. The fraction of sp³-hybridized carbons (Fsp3) is 0.400. The van der Waals surface area contributed by atoms with Crippen molar-refractivity contribution in [3.05, 3.63) is 47.1 Å². The molecule has 1 aliphatic heterocycles. The molecule has 0 radical (unpaired) electrons. The van der Waals surface area contributed by atoms with Gasteiger partial charge in [-0.1, -0.05) is 12.1 Å². The minimum absolute atomic E-state index is 0.00864. The molecule has 5 rings (SSSR count). The molecule has 2 aliphatic rings. The number of nitrogens with one attached hydrogen (secondary N) is 1. The number of aryl methyl sites for hydroxylation is 1. The fourth-order valence-corrected chi connectivity index (χ4v) is 5.43. The lowest BCUT2D eigenvalue weighted by atomic mass is 9.72. The van der Waals surface area contributed by atoms with Crippen LogP contribution in [0.4, 0.5) is 5.13 Å². The minimum Gasteiger partial charge on any atom is -0.350 e. The van der Waals surface area contributed by atoms with E-state index in [1.54, 1.807) is 6.20 Å². The molecular weight excluding hydrogens is 344 g/mol. The number of rotatable bonds is 2. The van der Waals surface area contributed by atoms with Crippen molar-refractivity contribution >= 4 is 33.3 Å². The molecule has 1 unspecified atom stereocenters. The Morgan fingerprint density at radius 2 is 2.23 bits per heavy atom. The first kappa shape index (κ1) is 16.0. The molecule has 2 aromatic heterocycles. The Hall–Kier alpha value is -2.18. The number of likely N-dealkylation sites (tertiary alicyclic amines) is 1. The monoisotopic (exact) mass is 366 g/mol. The number of carbonyl (C=O) groups excluding carboxylic acids is 1. The van der Waals surface area contributed by atoms with E-state index >= 15 is 0 Å². The second kappa shape index (κ2) is 5.93. The van der Waals surface area contributed by atoms with Crippen LogP contribution in [-0.4, -0.2) is 40.0 Å². The van der Waals surface area contributed by atoms with Gasteiger partial charge in [0.2, 0.25) is 5.91 Å². The number of benzene rings is 1. The van der Waals surface area contributed by atoms with Gasteiger partial charge in [-0.15, -0.1) is 11.3 Å². The highest BCUT2D eigenvalue weighted by atomic mass is 32.1. The number of piperidine rings is 1. The van der Waals surface area contributed by atoms with Crippen molar-refractivity contribution in [2.75, 3.05) is 18.9 Å². The van der Waals surface area contributed by atoms with Gasteiger partial charge >= 0.3 is 0 Å². The second-order valence-electron chi connectivity index (χ2n) is 7.58. The van der Waals surface area contributed by atoms with Crippen LogP contribution in [0.3, 0.4) is 0 Å². The first-order chi connectivity index (χ1) is 12.6. The Balaban J connectivity index is 1.49. The van der Waals surface area contributed by atoms with Gasteiger partial charge in [-0.3, -0.25) is 4.79 Å². The van der Waals surface area contributed by atoms with Gasteiger partial charge in [-0.25, -0.2) is 4.98 Å². The summed E-state index contributed by atoms with van der Waals surface area (Å²) in [6.45, 7) is 0.802. The largest absolute Gasteiger partial charge is 0.350 e. The number of carbonyl (C=O) groups is 1. The van der Waals surface area contributed by atoms with Crippen LogP contribution in [-0.2, 0) is 18.3 Å². The summed E-state index contributed by atoms with van der Waals surface area (Å²) in [5.41, 5.74) is 4.15. The van der Waals surface area contributed by atoms with E-state index in [1.807, 2.05) is 5.38 Å². The van der Waals surface area contributed by atoms with Gasteiger partial charge in [0.05, 0.1) is 5.92 Å². The third kappa shape index (κ3) is 2.40. The number of amides is 1. The van der Waals surface area contributed by atoms with E-state index in [1.165, 1.54) is 33.4 Å². The zero-order valence-corrected chi connectivity index (χ0v) is 15.8. The Labute approximate surface area is 156 Å². The number of thiazole rings is 1. The van der Waals surface area contributed by atoms with Crippen LogP contribution in [0.5, 0.6) is 0 Å². The minimum atomic E-state index is -0.00864. The average Bonchev–Trinajstić information content (AvgIpc) is 3.25. The van der Waals surface area contributed by atoms with Gasteiger partial charge in [-0.2, -0.15) is 0 Å². The topological polar surface area (TPSA) is 50.2 Å². The molecular formula is C20H22N4OS. The molecule has 3 aromatic rings. The van der Waals surface area contributed by atoms with Crippen molar-refractivity contribution in [1.29, 1.82) is 0 Å². The Morgan fingerprint density at radius 1 is 1.35 bits per heavy atom. The third-order valence-electron chi connectivity index (χ3n) is 6.06. The van der Waals surface area contributed by atoms with Crippen molar-refractivity contribution < 1.29 is 4.79 Å². The van der Waals surface area contributed by atoms with E-state index in [4.69, 9.17) is 0 Å². The van der Waals surface area contributed by atoms with Crippen molar-refractivity contribution in [2.45, 2.75) is 24.8 Å². The van der Waals surface area contributed by atoms with E-state index in [2.05, 4.69) is 58.3 Å². The van der Waals surface area contributed by atoms with E-state index in [-0.39, 0.29) is 11.8 Å². The number of nitrogens with zero attached hydrogens (tertiary/aromatic N) is 3. The highest BCUT2D eigenvalue weighted by Crippen LogP contribution is 2.44. The first-order valence-electron chi connectivity index (χ1n) is 9.09. The molecule has 3 atom stereocenters. The normalized spacial score (nSPS) is 25.2. The van der Waals surface area contributed by atoms with E-state index in [0.717, 1.165) is 19.4 Å². The van der Waals surface area contributed by atoms with Gasteiger partial charge in [-0.05, 0) is 37.1 Å². The fourth-order valence-electron chi connectivity index (χ4n) is 4.90. The number of hydrogen-bond donors (Lipinski definition) is 1. The van der Waals surface area contributed by atoms with Gasteiger partial charge in [0.15, 0.2) is 5.13 Å². The summed E-state index contributed by atoms with van der Waals surface area (Å²) in [7, 11) is 4.28. The summed E-state index contributed by atoms with van der Waals surface area (Å²) in [5.74, 6) is 0.487. The zero-order chi connectivity index (χ0) is 17.8. The summed E-state index contributed by atoms with van der Waals surface area (Å²) >= 11 is 1.47. The maximum atomic E-state index is 12.8. The van der Waals surface area contributed by atoms with Crippen molar-refractivity contribution in [1.82, 2.24) is 14.5 Å². The summed E-state index contributed by atoms with van der Waals surface area (Å²) in [5, 5.41) is 6.98. The van der Waals surface area contributed by atoms with Gasteiger partial charge < -0.3 is 14.8 Å². The number of fused-ring (bicyclic) bond motifs is 2. The average molecular weight is 366 g/mol. The predicted octanol–water partition coefficient (Wildman–Crippen LogP) is 3.23. The number of likely N-dealkylation sites (N-methyl/N-ethyl adjacent to an activating group) is 1. The predicted molar refractivity (Wildman–Crippen MR) is 105 cm³/mol. The van der Waals surface area contributed by atoms with Crippen LogP contribution >= 0.6 is 11.3 Å². The lowest BCUT2D eigenvalue weighted by molar-refractivity contribution is -0.122. The Kier molecular flexibility index (Phi) is 3.65. The lowest BCUT2D eigenvalue weighted by Crippen LogP contribution is -2.50. The van der Waals surface area contributed by atoms with E-state index < -0.39 is 0 Å².